The molecule has 5 heteroatoms. The normalized spacial score (nSPS) is 10.6. The van der Waals surface area contributed by atoms with E-state index in [-0.39, 0.29) is 6.03 Å². The molecule has 0 aromatic heterocycles. The first-order chi connectivity index (χ1) is 10.1. The van der Waals surface area contributed by atoms with Gasteiger partial charge in [-0.05, 0) is 35.4 Å². The van der Waals surface area contributed by atoms with E-state index in [1.807, 2.05) is 42.5 Å². The van der Waals surface area contributed by atoms with Crippen LogP contribution < -0.4 is 10.6 Å². The van der Waals surface area contributed by atoms with Gasteiger partial charge in [0.15, 0.2) is 0 Å². The molecule has 3 nitrogen and oxygen atoms in total. The third-order valence-corrected chi connectivity index (χ3v) is 3.72. The summed E-state index contributed by atoms with van der Waals surface area (Å²) in [7, 11) is 0. The Kier molecular flexibility index (Phi) is 5.84. The summed E-state index contributed by atoms with van der Waals surface area (Å²) in [5.41, 5.74) is 1.99. The minimum Gasteiger partial charge on any atom is -0.334 e. The Bertz CT molecular complexity index is 641. The second kappa shape index (κ2) is 7.86. The minimum atomic E-state index is -0.256. The van der Waals surface area contributed by atoms with Crippen molar-refractivity contribution >= 4 is 39.6 Å². The zero-order chi connectivity index (χ0) is 15.1. The number of rotatable bonds is 4. The second-order valence-corrected chi connectivity index (χ2v) is 5.60. The highest BCUT2D eigenvalue weighted by Crippen LogP contribution is 2.16. The predicted octanol–water partition coefficient (Wildman–Crippen LogP) is 4.57. The Hall–Kier alpha value is -1.78. The van der Waals surface area contributed by atoms with Gasteiger partial charge in [-0.3, -0.25) is 0 Å². The Morgan fingerprint density at radius 2 is 1.86 bits per heavy atom. The van der Waals surface area contributed by atoms with Crippen molar-refractivity contribution in [3.63, 3.8) is 0 Å². The van der Waals surface area contributed by atoms with E-state index in [1.165, 1.54) is 0 Å². The largest absolute Gasteiger partial charge is 0.334 e. The summed E-state index contributed by atoms with van der Waals surface area (Å²) >= 11 is 9.24. The summed E-state index contributed by atoms with van der Waals surface area (Å²) in [6, 6.07) is 14.9. The van der Waals surface area contributed by atoms with Gasteiger partial charge in [0.2, 0.25) is 0 Å². The van der Waals surface area contributed by atoms with Gasteiger partial charge >= 0.3 is 6.03 Å². The Labute approximate surface area is 137 Å². The zero-order valence-corrected chi connectivity index (χ0v) is 13.5. The van der Waals surface area contributed by atoms with E-state index in [4.69, 9.17) is 11.6 Å². The van der Waals surface area contributed by atoms with E-state index >= 15 is 0 Å². The fourth-order valence-electron chi connectivity index (χ4n) is 1.65. The van der Waals surface area contributed by atoms with Crippen molar-refractivity contribution in [2.24, 2.45) is 0 Å². The zero-order valence-electron chi connectivity index (χ0n) is 11.1. The Balaban J connectivity index is 1.80. The van der Waals surface area contributed by atoms with Crippen molar-refractivity contribution < 1.29 is 4.79 Å². The highest BCUT2D eigenvalue weighted by Gasteiger charge is 1.98. The van der Waals surface area contributed by atoms with E-state index in [9.17, 15) is 4.79 Å². The molecule has 0 heterocycles. The molecule has 0 aliphatic carbocycles. The van der Waals surface area contributed by atoms with Crippen LogP contribution in [0.15, 0.2) is 59.2 Å². The predicted molar refractivity (Wildman–Crippen MR) is 90.0 cm³/mol. The van der Waals surface area contributed by atoms with Crippen LogP contribution in [0.4, 0.5) is 4.79 Å². The van der Waals surface area contributed by atoms with E-state index < -0.39 is 0 Å². The van der Waals surface area contributed by atoms with Crippen LogP contribution in [-0.2, 0) is 6.54 Å². The van der Waals surface area contributed by atoms with Gasteiger partial charge < -0.3 is 10.6 Å². The SMILES string of the molecule is O=C(N/C=C/c1ccccc1Br)NCc1ccc(Cl)cc1. The summed E-state index contributed by atoms with van der Waals surface area (Å²) in [5, 5.41) is 6.11. The number of benzene rings is 2. The van der Waals surface area contributed by atoms with E-state index in [2.05, 4.69) is 26.6 Å². The van der Waals surface area contributed by atoms with Gasteiger partial charge in [0.25, 0.3) is 0 Å². The summed E-state index contributed by atoms with van der Waals surface area (Å²) in [6.45, 7) is 0.450. The standard InChI is InChI=1S/C16H14BrClN2O/c17-15-4-2-1-3-13(15)9-10-19-16(21)20-11-12-5-7-14(18)8-6-12/h1-10H,11H2,(H2,19,20,21)/b10-9+. The van der Waals surface area contributed by atoms with Crippen molar-refractivity contribution in [1.29, 1.82) is 0 Å². The summed E-state index contributed by atoms with van der Waals surface area (Å²) < 4.78 is 0.977. The average Bonchev–Trinajstić information content (AvgIpc) is 2.49. The maximum absolute atomic E-state index is 11.6. The van der Waals surface area contributed by atoms with Crippen LogP contribution >= 0.6 is 27.5 Å². The molecule has 0 saturated heterocycles. The van der Waals surface area contributed by atoms with Gasteiger partial charge in [-0.1, -0.05) is 57.9 Å². The second-order valence-electron chi connectivity index (χ2n) is 4.31. The van der Waals surface area contributed by atoms with E-state index in [1.54, 1.807) is 18.3 Å². The number of carbonyl (C=O) groups is 1. The topological polar surface area (TPSA) is 41.1 Å². The van der Waals surface area contributed by atoms with E-state index in [0.717, 1.165) is 15.6 Å². The van der Waals surface area contributed by atoms with E-state index in [0.29, 0.717) is 11.6 Å². The maximum Gasteiger partial charge on any atom is 0.319 e. The molecule has 2 amide bonds. The van der Waals surface area contributed by atoms with Gasteiger partial charge in [0.1, 0.15) is 0 Å². The number of nitrogens with one attached hydrogen (secondary N) is 2. The average molecular weight is 366 g/mol. The van der Waals surface area contributed by atoms with Crippen molar-refractivity contribution in [3.8, 4) is 0 Å². The molecule has 0 atom stereocenters. The highest BCUT2D eigenvalue weighted by atomic mass is 79.9. The summed E-state index contributed by atoms with van der Waals surface area (Å²) in [6.07, 6.45) is 3.43. The molecule has 2 N–H and O–H groups in total. The first-order valence-electron chi connectivity index (χ1n) is 6.35. The van der Waals surface area contributed by atoms with Gasteiger partial charge in [0, 0.05) is 22.2 Å². The number of halogens is 2. The van der Waals surface area contributed by atoms with Crippen LogP contribution in [0.3, 0.4) is 0 Å². The van der Waals surface area contributed by atoms with Gasteiger partial charge in [0.05, 0.1) is 0 Å². The van der Waals surface area contributed by atoms with Crippen LogP contribution in [-0.4, -0.2) is 6.03 Å². The van der Waals surface area contributed by atoms with Crippen molar-refractivity contribution in [3.05, 3.63) is 75.4 Å². The fraction of sp³-hybridized carbons (Fsp3) is 0.0625. The monoisotopic (exact) mass is 364 g/mol. The smallest absolute Gasteiger partial charge is 0.319 e. The van der Waals surface area contributed by atoms with Crippen LogP contribution in [0.5, 0.6) is 0 Å². The first kappa shape index (κ1) is 15.6. The molecule has 2 aromatic rings. The lowest BCUT2D eigenvalue weighted by molar-refractivity contribution is 0.244. The summed E-state index contributed by atoms with van der Waals surface area (Å²) in [4.78, 5) is 11.6. The lowest BCUT2D eigenvalue weighted by Crippen LogP contribution is -2.31. The summed E-state index contributed by atoms with van der Waals surface area (Å²) in [5.74, 6) is 0. The third kappa shape index (κ3) is 5.25. The highest BCUT2D eigenvalue weighted by molar-refractivity contribution is 9.10. The minimum absolute atomic E-state index is 0.256. The third-order valence-electron chi connectivity index (χ3n) is 2.75. The van der Waals surface area contributed by atoms with Crippen molar-refractivity contribution in [2.75, 3.05) is 0 Å². The maximum atomic E-state index is 11.6. The molecule has 21 heavy (non-hydrogen) atoms. The molecule has 0 unspecified atom stereocenters. The lowest BCUT2D eigenvalue weighted by atomic mass is 10.2. The molecular formula is C16H14BrClN2O. The Morgan fingerprint density at radius 3 is 2.57 bits per heavy atom. The van der Waals surface area contributed by atoms with Crippen LogP contribution in [0.2, 0.25) is 5.02 Å². The van der Waals surface area contributed by atoms with Crippen LogP contribution in [0.25, 0.3) is 6.08 Å². The molecule has 0 fully saturated rings. The molecule has 0 spiro atoms. The molecule has 2 aromatic carbocycles. The molecule has 0 radical (unpaired) electrons. The number of hydrogen-bond donors (Lipinski definition) is 2. The number of carbonyl (C=O) groups excluding carboxylic acids is 1. The van der Waals surface area contributed by atoms with Crippen LogP contribution in [0, 0.1) is 0 Å². The molecule has 0 bridgehead atoms. The van der Waals surface area contributed by atoms with Crippen molar-refractivity contribution in [2.45, 2.75) is 6.54 Å². The molecular weight excluding hydrogens is 352 g/mol. The quantitative estimate of drug-likeness (QED) is 0.818. The first-order valence-corrected chi connectivity index (χ1v) is 7.52. The number of hydrogen-bond acceptors (Lipinski definition) is 1. The molecule has 0 aliphatic rings. The molecule has 108 valence electrons. The van der Waals surface area contributed by atoms with Gasteiger partial charge in [-0.2, -0.15) is 0 Å². The fourth-order valence-corrected chi connectivity index (χ4v) is 2.20. The Morgan fingerprint density at radius 1 is 1.14 bits per heavy atom. The lowest BCUT2D eigenvalue weighted by Gasteiger charge is -2.05. The van der Waals surface area contributed by atoms with Crippen LogP contribution in [0.1, 0.15) is 11.1 Å². The van der Waals surface area contributed by atoms with Crippen molar-refractivity contribution in [1.82, 2.24) is 10.6 Å². The number of urea groups is 1. The van der Waals surface area contributed by atoms with Gasteiger partial charge in [-0.25, -0.2) is 4.79 Å². The molecule has 2 rings (SSSR count). The number of amides is 2. The molecule has 0 aliphatic heterocycles. The van der Waals surface area contributed by atoms with Gasteiger partial charge in [-0.15, -0.1) is 0 Å². The molecule has 0 saturated carbocycles.